The molecule has 126 valence electrons. The Kier molecular flexibility index (Phi) is 4.15. The first kappa shape index (κ1) is 16.3. The lowest BCUT2D eigenvalue weighted by molar-refractivity contribution is 0.0715. The summed E-state index contributed by atoms with van der Waals surface area (Å²) < 4.78 is 7.09. The number of hydrogen-bond donors (Lipinski definition) is 2. The second-order valence-electron chi connectivity index (χ2n) is 6.20. The second kappa shape index (κ2) is 6.13. The van der Waals surface area contributed by atoms with Crippen molar-refractivity contribution >= 4 is 16.6 Å². The van der Waals surface area contributed by atoms with Crippen molar-refractivity contribution in [2.75, 3.05) is 19.0 Å². The molecule has 0 amide bonds. The van der Waals surface area contributed by atoms with Gasteiger partial charge in [0.15, 0.2) is 0 Å². The highest BCUT2D eigenvalue weighted by molar-refractivity contribution is 5.95. The summed E-state index contributed by atoms with van der Waals surface area (Å²) in [6.45, 7) is 4.07. The molecule has 0 radical (unpaired) electrons. The number of aryl methyl sites for hydroxylation is 2. The highest BCUT2D eigenvalue weighted by Gasteiger charge is 2.25. The van der Waals surface area contributed by atoms with Crippen molar-refractivity contribution in [1.82, 2.24) is 14.8 Å². The molecular formula is C18H22N4O2. The Morgan fingerprint density at radius 1 is 1.38 bits per heavy atom. The lowest BCUT2D eigenvalue weighted by Gasteiger charge is -2.23. The zero-order valence-electron chi connectivity index (χ0n) is 14.4. The topological polar surface area (TPSA) is 72.2 Å². The zero-order valence-corrected chi connectivity index (χ0v) is 14.4. The van der Waals surface area contributed by atoms with Gasteiger partial charge in [-0.2, -0.15) is 5.10 Å². The fraction of sp³-hybridized carbons (Fsp3) is 0.333. The summed E-state index contributed by atoms with van der Waals surface area (Å²) in [6.07, 6.45) is 3.50. The minimum absolute atomic E-state index is 0.356. The number of rotatable bonds is 5. The van der Waals surface area contributed by atoms with Gasteiger partial charge in [-0.05, 0) is 26.0 Å². The Balaban J connectivity index is 1.93. The number of ether oxygens (including phenoxy) is 1. The van der Waals surface area contributed by atoms with Crippen LogP contribution >= 0.6 is 0 Å². The summed E-state index contributed by atoms with van der Waals surface area (Å²) in [5.41, 5.74) is 2.35. The third-order valence-electron chi connectivity index (χ3n) is 4.10. The largest absolute Gasteiger partial charge is 0.494 e. The Labute approximate surface area is 141 Å². The van der Waals surface area contributed by atoms with E-state index in [0.717, 1.165) is 33.6 Å². The Morgan fingerprint density at radius 3 is 2.83 bits per heavy atom. The molecule has 3 aromatic rings. The fourth-order valence-corrected chi connectivity index (χ4v) is 2.73. The molecule has 6 nitrogen and oxygen atoms in total. The van der Waals surface area contributed by atoms with Gasteiger partial charge >= 0.3 is 0 Å². The molecule has 2 aromatic heterocycles. The van der Waals surface area contributed by atoms with Crippen molar-refractivity contribution < 1.29 is 9.84 Å². The lowest BCUT2D eigenvalue weighted by Crippen LogP contribution is -2.30. The van der Waals surface area contributed by atoms with Crippen LogP contribution < -0.4 is 10.1 Å². The van der Waals surface area contributed by atoms with E-state index in [2.05, 4.69) is 15.4 Å². The van der Waals surface area contributed by atoms with Gasteiger partial charge in [0.2, 0.25) is 0 Å². The van der Waals surface area contributed by atoms with Crippen molar-refractivity contribution in [2.24, 2.45) is 7.05 Å². The molecule has 0 spiro atoms. The summed E-state index contributed by atoms with van der Waals surface area (Å²) >= 11 is 0. The van der Waals surface area contributed by atoms with E-state index in [-0.39, 0.29) is 0 Å². The summed E-state index contributed by atoms with van der Waals surface area (Å²) in [4.78, 5) is 4.57. The third-order valence-corrected chi connectivity index (χ3v) is 4.10. The van der Waals surface area contributed by atoms with Crippen LogP contribution in [0, 0.1) is 6.92 Å². The first-order chi connectivity index (χ1) is 11.4. The molecule has 0 aliphatic carbocycles. The standard InChI is InChI=1S/C18H22N4O2/c1-12-8-15(14-6-5-7-16(24-4)17(14)21-12)19-11-18(2,23)13-9-20-22(3)10-13/h5-10,23H,11H2,1-4H3,(H,19,21). The van der Waals surface area contributed by atoms with Crippen LogP contribution in [0.4, 0.5) is 5.69 Å². The summed E-state index contributed by atoms with van der Waals surface area (Å²) in [5, 5.41) is 19.2. The van der Waals surface area contributed by atoms with Crippen molar-refractivity contribution in [3.8, 4) is 5.75 Å². The molecule has 3 rings (SSSR count). The van der Waals surface area contributed by atoms with Gasteiger partial charge in [0.05, 0.1) is 13.3 Å². The van der Waals surface area contributed by atoms with Crippen molar-refractivity contribution in [3.05, 3.63) is 47.9 Å². The first-order valence-corrected chi connectivity index (χ1v) is 7.80. The van der Waals surface area contributed by atoms with Gasteiger partial charge in [0.1, 0.15) is 16.9 Å². The second-order valence-corrected chi connectivity index (χ2v) is 6.20. The highest BCUT2D eigenvalue weighted by atomic mass is 16.5. The van der Waals surface area contributed by atoms with E-state index < -0.39 is 5.60 Å². The third kappa shape index (κ3) is 3.05. The monoisotopic (exact) mass is 326 g/mol. The van der Waals surface area contributed by atoms with Gasteiger partial charge in [-0.3, -0.25) is 4.68 Å². The molecule has 24 heavy (non-hydrogen) atoms. The van der Waals surface area contributed by atoms with Crippen molar-refractivity contribution in [3.63, 3.8) is 0 Å². The molecule has 0 saturated carbocycles. The number of pyridine rings is 1. The van der Waals surface area contributed by atoms with Crippen molar-refractivity contribution in [2.45, 2.75) is 19.4 Å². The van der Waals surface area contributed by atoms with Gasteiger partial charge in [-0.1, -0.05) is 12.1 Å². The van der Waals surface area contributed by atoms with E-state index in [1.807, 2.05) is 44.4 Å². The molecular weight excluding hydrogens is 304 g/mol. The maximum absolute atomic E-state index is 10.7. The lowest BCUT2D eigenvalue weighted by atomic mass is 9.99. The van der Waals surface area contributed by atoms with Gasteiger partial charge < -0.3 is 15.2 Å². The summed E-state index contributed by atoms with van der Waals surface area (Å²) in [5.74, 6) is 0.735. The van der Waals surface area contributed by atoms with E-state index in [1.165, 1.54) is 0 Å². The van der Waals surface area contributed by atoms with E-state index in [0.29, 0.717) is 6.54 Å². The van der Waals surface area contributed by atoms with Gasteiger partial charge in [-0.15, -0.1) is 0 Å². The zero-order chi connectivity index (χ0) is 17.3. The number of fused-ring (bicyclic) bond motifs is 1. The van der Waals surface area contributed by atoms with Gasteiger partial charge in [0, 0.05) is 42.1 Å². The Hall–Kier alpha value is -2.60. The predicted molar refractivity (Wildman–Crippen MR) is 94.3 cm³/mol. The van der Waals surface area contributed by atoms with Gasteiger partial charge in [-0.25, -0.2) is 4.98 Å². The average molecular weight is 326 g/mol. The minimum Gasteiger partial charge on any atom is -0.494 e. The number of para-hydroxylation sites is 1. The van der Waals surface area contributed by atoms with E-state index >= 15 is 0 Å². The molecule has 0 fully saturated rings. The molecule has 6 heteroatoms. The molecule has 1 atom stereocenters. The SMILES string of the molecule is COc1cccc2c(NCC(C)(O)c3cnn(C)c3)cc(C)nc12. The number of benzene rings is 1. The Bertz CT molecular complexity index is 871. The highest BCUT2D eigenvalue weighted by Crippen LogP contribution is 2.30. The van der Waals surface area contributed by atoms with Crippen molar-refractivity contribution in [1.29, 1.82) is 0 Å². The molecule has 1 unspecified atom stereocenters. The van der Waals surface area contributed by atoms with Crippen LogP contribution in [0.5, 0.6) is 5.75 Å². The molecule has 0 aliphatic rings. The molecule has 0 bridgehead atoms. The van der Waals surface area contributed by atoms with Crippen LogP contribution in [0.2, 0.25) is 0 Å². The molecule has 2 heterocycles. The van der Waals surface area contributed by atoms with Crippen LogP contribution in [0.25, 0.3) is 10.9 Å². The quantitative estimate of drug-likeness (QED) is 0.754. The predicted octanol–water partition coefficient (Wildman–Crippen LogP) is 2.60. The molecule has 2 N–H and O–H groups in total. The number of hydrogen-bond acceptors (Lipinski definition) is 5. The number of anilines is 1. The van der Waals surface area contributed by atoms with Crippen LogP contribution in [-0.2, 0) is 12.6 Å². The van der Waals surface area contributed by atoms with E-state index in [4.69, 9.17) is 4.74 Å². The van der Waals surface area contributed by atoms with E-state index in [9.17, 15) is 5.11 Å². The molecule has 1 aromatic carbocycles. The van der Waals surface area contributed by atoms with Crippen LogP contribution in [0.1, 0.15) is 18.2 Å². The first-order valence-electron chi connectivity index (χ1n) is 7.80. The van der Waals surface area contributed by atoms with Crippen LogP contribution in [-0.4, -0.2) is 33.5 Å². The van der Waals surface area contributed by atoms with Crippen LogP contribution in [0.3, 0.4) is 0 Å². The molecule has 0 saturated heterocycles. The van der Waals surface area contributed by atoms with Gasteiger partial charge in [0.25, 0.3) is 0 Å². The minimum atomic E-state index is -1.03. The van der Waals surface area contributed by atoms with E-state index in [1.54, 1.807) is 24.9 Å². The summed E-state index contributed by atoms with van der Waals surface area (Å²) in [6, 6.07) is 7.79. The smallest absolute Gasteiger partial charge is 0.145 e. The summed E-state index contributed by atoms with van der Waals surface area (Å²) in [7, 11) is 3.47. The number of nitrogens with zero attached hydrogens (tertiary/aromatic N) is 3. The molecule has 0 aliphatic heterocycles. The number of aromatic nitrogens is 3. The average Bonchev–Trinajstić information content (AvgIpc) is 2.99. The normalized spacial score (nSPS) is 13.7. The number of methoxy groups -OCH3 is 1. The maximum Gasteiger partial charge on any atom is 0.145 e. The maximum atomic E-state index is 10.7. The van der Waals surface area contributed by atoms with Crippen LogP contribution in [0.15, 0.2) is 36.7 Å². The Morgan fingerprint density at radius 2 is 2.17 bits per heavy atom. The number of nitrogens with one attached hydrogen (secondary N) is 1. The fourth-order valence-electron chi connectivity index (χ4n) is 2.73. The number of aliphatic hydroxyl groups is 1.